The lowest BCUT2D eigenvalue weighted by atomic mass is 10.1. The lowest BCUT2D eigenvalue weighted by molar-refractivity contribution is 0.509. The number of nitrogens with zero attached hydrogens (tertiary/aromatic N) is 1. The molecular weight excluding hydrogens is 286 g/mol. The SMILES string of the molecule is NCC#Cc1cncc(S(=O)(=O)NC2CCCCCC2)c1. The average molecular weight is 307 g/mol. The van der Waals surface area contributed by atoms with E-state index >= 15 is 0 Å². The fourth-order valence-corrected chi connectivity index (χ4v) is 3.76. The maximum absolute atomic E-state index is 12.4. The van der Waals surface area contributed by atoms with Crippen molar-refractivity contribution in [2.24, 2.45) is 5.73 Å². The Balaban J connectivity index is 2.14. The monoisotopic (exact) mass is 307 g/mol. The van der Waals surface area contributed by atoms with Crippen LogP contribution in [0.15, 0.2) is 23.4 Å². The van der Waals surface area contributed by atoms with Gasteiger partial charge >= 0.3 is 0 Å². The second-order valence-electron chi connectivity index (χ2n) is 5.22. The summed E-state index contributed by atoms with van der Waals surface area (Å²) in [7, 11) is -3.54. The topological polar surface area (TPSA) is 85.1 Å². The van der Waals surface area contributed by atoms with E-state index in [1.165, 1.54) is 31.3 Å². The van der Waals surface area contributed by atoms with E-state index in [0.29, 0.717) is 5.56 Å². The highest BCUT2D eigenvalue weighted by atomic mass is 32.2. The third-order valence-corrected chi connectivity index (χ3v) is 5.02. The van der Waals surface area contributed by atoms with Crippen molar-refractivity contribution in [1.82, 2.24) is 9.71 Å². The molecule has 0 bridgehead atoms. The predicted molar refractivity (Wildman–Crippen MR) is 82.0 cm³/mol. The van der Waals surface area contributed by atoms with E-state index in [9.17, 15) is 8.42 Å². The molecule has 0 saturated heterocycles. The zero-order valence-electron chi connectivity index (χ0n) is 12.0. The number of nitrogens with two attached hydrogens (primary N) is 1. The summed E-state index contributed by atoms with van der Waals surface area (Å²) in [6.07, 6.45) is 9.22. The molecule has 0 spiro atoms. The fourth-order valence-electron chi connectivity index (χ4n) is 2.47. The molecule has 1 heterocycles. The van der Waals surface area contributed by atoms with Crippen molar-refractivity contribution in [1.29, 1.82) is 0 Å². The molecule has 0 unspecified atom stereocenters. The molecule has 0 amide bonds. The molecule has 1 aliphatic rings. The van der Waals surface area contributed by atoms with E-state index < -0.39 is 10.0 Å². The first-order chi connectivity index (χ1) is 10.1. The van der Waals surface area contributed by atoms with Gasteiger partial charge in [-0.2, -0.15) is 0 Å². The Morgan fingerprint density at radius 1 is 1.24 bits per heavy atom. The summed E-state index contributed by atoms with van der Waals surface area (Å²) in [6, 6.07) is 1.56. The number of hydrogen-bond donors (Lipinski definition) is 2. The largest absolute Gasteiger partial charge is 0.320 e. The molecule has 0 aromatic carbocycles. The smallest absolute Gasteiger partial charge is 0.242 e. The van der Waals surface area contributed by atoms with Gasteiger partial charge in [0, 0.05) is 24.0 Å². The molecule has 6 heteroatoms. The van der Waals surface area contributed by atoms with Crippen molar-refractivity contribution in [3.8, 4) is 11.8 Å². The number of rotatable bonds is 3. The van der Waals surface area contributed by atoms with Crippen LogP contribution < -0.4 is 10.5 Å². The zero-order valence-corrected chi connectivity index (χ0v) is 12.8. The quantitative estimate of drug-likeness (QED) is 0.653. The van der Waals surface area contributed by atoms with Gasteiger partial charge in [0.15, 0.2) is 0 Å². The predicted octanol–water partition coefficient (Wildman–Crippen LogP) is 1.39. The molecule has 1 aromatic rings. The summed E-state index contributed by atoms with van der Waals surface area (Å²) < 4.78 is 27.6. The summed E-state index contributed by atoms with van der Waals surface area (Å²) in [5, 5.41) is 0. The van der Waals surface area contributed by atoms with Crippen LogP contribution in [0.5, 0.6) is 0 Å². The van der Waals surface area contributed by atoms with Gasteiger partial charge < -0.3 is 5.73 Å². The van der Waals surface area contributed by atoms with Gasteiger partial charge in [0.05, 0.1) is 6.54 Å². The lowest BCUT2D eigenvalue weighted by Crippen LogP contribution is -2.34. The van der Waals surface area contributed by atoms with Crippen LogP contribution in [0.1, 0.15) is 44.1 Å². The van der Waals surface area contributed by atoms with Crippen LogP contribution in [0, 0.1) is 11.8 Å². The first-order valence-electron chi connectivity index (χ1n) is 7.28. The van der Waals surface area contributed by atoms with E-state index in [1.807, 2.05) is 0 Å². The van der Waals surface area contributed by atoms with Crippen LogP contribution in [0.4, 0.5) is 0 Å². The van der Waals surface area contributed by atoms with Crippen molar-refractivity contribution >= 4 is 10.0 Å². The molecule has 114 valence electrons. The minimum Gasteiger partial charge on any atom is -0.320 e. The van der Waals surface area contributed by atoms with Crippen LogP contribution in [0.3, 0.4) is 0 Å². The minimum absolute atomic E-state index is 0.0243. The van der Waals surface area contributed by atoms with Crippen molar-refractivity contribution in [2.45, 2.75) is 49.5 Å². The molecule has 1 aliphatic carbocycles. The molecule has 0 radical (unpaired) electrons. The van der Waals surface area contributed by atoms with Crippen molar-refractivity contribution < 1.29 is 8.42 Å². The minimum atomic E-state index is -3.54. The Morgan fingerprint density at radius 2 is 1.95 bits per heavy atom. The Kier molecular flexibility index (Phi) is 5.74. The van der Waals surface area contributed by atoms with Crippen molar-refractivity contribution in [3.63, 3.8) is 0 Å². The van der Waals surface area contributed by atoms with E-state index in [0.717, 1.165) is 25.7 Å². The number of nitrogens with one attached hydrogen (secondary N) is 1. The molecule has 3 N–H and O–H groups in total. The fraction of sp³-hybridized carbons (Fsp3) is 0.533. The summed E-state index contributed by atoms with van der Waals surface area (Å²) in [5.74, 6) is 5.50. The Bertz CT molecular complexity index is 624. The Morgan fingerprint density at radius 3 is 2.62 bits per heavy atom. The molecule has 0 aliphatic heterocycles. The van der Waals surface area contributed by atoms with E-state index in [4.69, 9.17) is 5.73 Å². The van der Waals surface area contributed by atoms with Crippen LogP contribution in [-0.4, -0.2) is 26.0 Å². The molecule has 1 fully saturated rings. The number of hydrogen-bond acceptors (Lipinski definition) is 4. The summed E-state index contributed by atoms with van der Waals surface area (Å²) >= 11 is 0. The van der Waals surface area contributed by atoms with Crippen molar-refractivity contribution in [2.75, 3.05) is 6.54 Å². The maximum Gasteiger partial charge on any atom is 0.242 e. The highest BCUT2D eigenvalue weighted by Gasteiger charge is 2.21. The number of pyridine rings is 1. The van der Waals surface area contributed by atoms with Gasteiger partial charge in [0.2, 0.25) is 10.0 Å². The van der Waals surface area contributed by atoms with E-state index in [1.54, 1.807) is 0 Å². The van der Waals surface area contributed by atoms with Gasteiger partial charge in [0.25, 0.3) is 0 Å². The molecule has 0 atom stereocenters. The standard InChI is InChI=1S/C15H21N3O2S/c16-9-5-6-13-10-15(12-17-11-13)21(19,20)18-14-7-3-1-2-4-8-14/h10-12,14,18H,1-4,7-9,16H2. The van der Waals surface area contributed by atoms with Crippen LogP contribution in [0.2, 0.25) is 0 Å². The number of aromatic nitrogens is 1. The summed E-state index contributed by atoms with van der Waals surface area (Å²) in [4.78, 5) is 4.12. The third kappa shape index (κ3) is 4.81. The van der Waals surface area contributed by atoms with Gasteiger partial charge in [-0.1, -0.05) is 37.5 Å². The first kappa shape index (κ1) is 16.0. The summed E-state index contributed by atoms with van der Waals surface area (Å²) in [5.41, 5.74) is 5.87. The second kappa shape index (κ2) is 7.55. The van der Waals surface area contributed by atoms with E-state index in [-0.39, 0.29) is 17.5 Å². The van der Waals surface area contributed by atoms with Crippen LogP contribution in [-0.2, 0) is 10.0 Å². The van der Waals surface area contributed by atoms with Gasteiger partial charge in [-0.15, -0.1) is 0 Å². The lowest BCUT2D eigenvalue weighted by Gasteiger charge is -2.16. The van der Waals surface area contributed by atoms with Gasteiger partial charge in [-0.25, -0.2) is 13.1 Å². The second-order valence-corrected chi connectivity index (χ2v) is 6.94. The highest BCUT2D eigenvalue weighted by molar-refractivity contribution is 7.89. The Hall–Kier alpha value is -1.42. The average Bonchev–Trinajstić information content (AvgIpc) is 2.73. The summed E-state index contributed by atoms with van der Waals surface area (Å²) in [6.45, 7) is 0.233. The zero-order chi connectivity index (χ0) is 15.1. The Labute approximate surface area is 126 Å². The molecule has 2 rings (SSSR count). The normalized spacial score (nSPS) is 16.8. The van der Waals surface area contributed by atoms with Gasteiger partial charge in [0.1, 0.15) is 4.90 Å². The molecule has 1 saturated carbocycles. The van der Waals surface area contributed by atoms with Crippen LogP contribution >= 0.6 is 0 Å². The number of sulfonamides is 1. The van der Waals surface area contributed by atoms with Crippen molar-refractivity contribution in [3.05, 3.63) is 24.0 Å². The van der Waals surface area contributed by atoms with Gasteiger partial charge in [-0.05, 0) is 18.9 Å². The molecule has 5 nitrogen and oxygen atoms in total. The van der Waals surface area contributed by atoms with Crippen LogP contribution in [0.25, 0.3) is 0 Å². The molecule has 1 aromatic heterocycles. The van der Waals surface area contributed by atoms with E-state index in [2.05, 4.69) is 21.5 Å². The molecule has 21 heavy (non-hydrogen) atoms. The maximum atomic E-state index is 12.4. The molecular formula is C15H21N3O2S. The third-order valence-electron chi connectivity index (χ3n) is 3.54. The van der Waals surface area contributed by atoms with Gasteiger partial charge in [-0.3, -0.25) is 4.98 Å². The highest BCUT2D eigenvalue weighted by Crippen LogP contribution is 2.19. The first-order valence-corrected chi connectivity index (χ1v) is 8.76.